The molecule has 0 radical (unpaired) electrons. The number of ether oxygens (including phenoxy) is 1. The first-order chi connectivity index (χ1) is 16.6. The Morgan fingerprint density at radius 1 is 0.882 bits per heavy atom. The van der Waals surface area contributed by atoms with E-state index < -0.39 is 0 Å². The molecule has 6 heteroatoms. The Kier molecular flexibility index (Phi) is 5.01. The minimum Gasteiger partial charge on any atom is -0.489 e. The maximum Gasteiger partial charge on any atom is 0.313 e. The summed E-state index contributed by atoms with van der Waals surface area (Å²) in [4.78, 5) is 0. The maximum absolute atomic E-state index is 6.06. The van der Waals surface area contributed by atoms with Crippen molar-refractivity contribution in [2.75, 3.05) is 11.5 Å². The van der Waals surface area contributed by atoms with Crippen molar-refractivity contribution < 1.29 is 9.15 Å². The molecule has 0 spiro atoms. The van der Waals surface area contributed by atoms with Gasteiger partial charge in [0, 0.05) is 22.2 Å². The highest BCUT2D eigenvalue weighted by Gasteiger charge is 2.52. The maximum atomic E-state index is 6.06. The van der Waals surface area contributed by atoms with Gasteiger partial charge in [-0.25, -0.2) is 0 Å². The van der Waals surface area contributed by atoms with Gasteiger partial charge in [-0.1, -0.05) is 54.0 Å². The second-order valence-electron chi connectivity index (χ2n) is 9.59. The van der Waals surface area contributed by atoms with Gasteiger partial charge >= 0.3 is 6.01 Å². The van der Waals surface area contributed by atoms with Crippen molar-refractivity contribution in [2.45, 2.75) is 37.7 Å². The first-order valence-electron chi connectivity index (χ1n) is 11.9. The van der Waals surface area contributed by atoms with Crippen LogP contribution >= 0.6 is 0 Å². The van der Waals surface area contributed by atoms with E-state index in [1.54, 1.807) is 0 Å². The molecule has 2 aliphatic rings. The van der Waals surface area contributed by atoms with Crippen molar-refractivity contribution in [2.24, 2.45) is 11.8 Å². The van der Waals surface area contributed by atoms with E-state index in [4.69, 9.17) is 20.6 Å². The number of hydrogen-bond donors (Lipinski definition) is 2. The van der Waals surface area contributed by atoms with Crippen molar-refractivity contribution in [3.63, 3.8) is 0 Å². The molecular weight excluding hydrogens is 424 g/mol. The van der Waals surface area contributed by atoms with Gasteiger partial charge in [-0.3, -0.25) is 0 Å². The molecule has 1 unspecified atom stereocenters. The van der Waals surface area contributed by atoms with Crippen LogP contribution in [0.3, 0.4) is 0 Å². The smallest absolute Gasteiger partial charge is 0.313 e. The van der Waals surface area contributed by atoms with Crippen LogP contribution in [0.1, 0.15) is 42.4 Å². The van der Waals surface area contributed by atoms with E-state index in [0.717, 1.165) is 28.5 Å². The zero-order valence-electron chi connectivity index (χ0n) is 19.0. The molecule has 1 aromatic heterocycles. The van der Waals surface area contributed by atoms with Gasteiger partial charge in [-0.15, -0.1) is 5.10 Å². The molecule has 172 valence electrons. The molecule has 34 heavy (non-hydrogen) atoms. The summed E-state index contributed by atoms with van der Waals surface area (Å²) in [7, 11) is 0. The number of aromatic nitrogens is 2. The number of nitrogens with zero attached hydrogens (tertiary/aromatic N) is 2. The van der Waals surface area contributed by atoms with Gasteiger partial charge in [-0.2, -0.15) is 0 Å². The molecule has 0 aliphatic heterocycles. The van der Waals surface area contributed by atoms with Gasteiger partial charge in [-0.05, 0) is 72.6 Å². The van der Waals surface area contributed by atoms with Crippen LogP contribution in [0, 0.1) is 11.8 Å². The van der Waals surface area contributed by atoms with Crippen molar-refractivity contribution in [1.82, 2.24) is 10.2 Å². The topological polar surface area (TPSA) is 100 Å². The van der Waals surface area contributed by atoms with Crippen molar-refractivity contribution in [1.29, 1.82) is 0 Å². The van der Waals surface area contributed by atoms with Gasteiger partial charge in [0.15, 0.2) is 0 Å². The van der Waals surface area contributed by atoms with Crippen LogP contribution in [0.2, 0.25) is 0 Å². The number of hydrogen-bond acceptors (Lipinski definition) is 6. The molecule has 1 heterocycles. The normalized spacial score (nSPS) is 23.3. The standard InChI is InChI=1S/C28H28N4O2/c29-25-4-2-1-3-20(25)17-33-24-13-11-22(12-14-24)28(16-18-5-8-23(28)15-18)21-9-6-19(7-10-21)26-31-32-27(30)34-26/h1-4,6-7,9-14,18,23H,5,8,15-17,29H2,(H2,30,32)/t18?,23-,28-/m1/s1. The third kappa shape index (κ3) is 3.50. The van der Waals surface area contributed by atoms with Crippen LogP contribution in [-0.2, 0) is 12.0 Å². The summed E-state index contributed by atoms with van der Waals surface area (Å²) >= 11 is 0. The predicted octanol–water partition coefficient (Wildman–Crippen LogP) is 5.59. The summed E-state index contributed by atoms with van der Waals surface area (Å²) in [5.41, 5.74) is 17.0. The highest BCUT2D eigenvalue weighted by Crippen LogP contribution is 2.60. The Morgan fingerprint density at radius 2 is 1.62 bits per heavy atom. The minimum atomic E-state index is 0.0255. The summed E-state index contributed by atoms with van der Waals surface area (Å²) < 4.78 is 11.4. The summed E-state index contributed by atoms with van der Waals surface area (Å²) in [5, 5.41) is 7.79. The fraction of sp³-hybridized carbons (Fsp3) is 0.286. The van der Waals surface area contributed by atoms with Gasteiger partial charge in [0.1, 0.15) is 12.4 Å². The molecular formula is C28H28N4O2. The van der Waals surface area contributed by atoms with Crippen molar-refractivity contribution in [3.8, 4) is 17.2 Å². The monoisotopic (exact) mass is 452 g/mol. The fourth-order valence-corrected chi connectivity index (χ4v) is 6.14. The molecule has 6 nitrogen and oxygen atoms in total. The lowest BCUT2D eigenvalue weighted by molar-refractivity contribution is 0.304. The third-order valence-electron chi connectivity index (χ3n) is 7.76. The highest BCUT2D eigenvalue weighted by atomic mass is 16.5. The second kappa shape index (κ2) is 8.20. The lowest BCUT2D eigenvalue weighted by Gasteiger charge is -2.39. The number of fused-ring (bicyclic) bond motifs is 2. The number of anilines is 2. The van der Waals surface area contributed by atoms with E-state index in [2.05, 4.69) is 58.7 Å². The van der Waals surface area contributed by atoms with E-state index in [1.807, 2.05) is 24.3 Å². The summed E-state index contributed by atoms with van der Waals surface area (Å²) in [6.45, 7) is 0.462. The molecule has 6 rings (SSSR count). The molecule has 3 atom stereocenters. The van der Waals surface area contributed by atoms with Gasteiger partial charge in [0.05, 0.1) is 0 Å². The minimum absolute atomic E-state index is 0.0255. The number of benzene rings is 3. The van der Waals surface area contributed by atoms with Crippen LogP contribution in [0.25, 0.3) is 11.5 Å². The van der Waals surface area contributed by atoms with E-state index >= 15 is 0 Å². The number of nitrogens with two attached hydrogens (primary N) is 2. The lowest BCUT2D eigenvalue weighted by atomic mass is 9.64. The Labute approximate surface area is 199 Å². The summed E-state index contributed by atoms with van der Waals surface area (Å²) in [6, 6.07) is 25.2. The number of nitrogen functional groups attached to an aromatic ring is 2. The Balaban J connectivity index is 1.28. The third-order valence-corrected chi connectivity index (χ3v) is 7.76. The largest absolute Gasteiger partial charge is 0.489 e. The van der Waals surface area contributed by atoms with Crippen LogP contribution < -0.4 is 16.2 Å². The van der Waals surface area contributed by atoms with Crippen molar-refractivity contribution in [3.05, 3.63) is 89.5 Å². The van der Waals surface area contributed by atoms with Crippen LogP contribution in [0.5, 0.6) is 5.75 Å². The van der Waals surface area contributed by atoms with Crippen molar-refractivity contribution >= 4 is 11.7 Å². The zero-order chi connectivity index (χ0) is 23.1. The first-order valence-corrected chi connectivity index (χ1v) is 11.9. The number of para-hydroxylation sites is 1. The molecule has 0 saturated heterocycles. The molecule has 2 aliphatic carbocycles. The zero-order valence-corrected chi connectivity index (χ0v) is 19.0. The van der Waals surface area contributed by atoms with Gasteiger partial charge in [0.2, 0.25) is 5.89 Å². The molecule has 2 bridgehead atoms. The average molecular weight is 453 g/mol. The second-order valence-corrected chi connectivity index (χ2v) is 9.59. The Morgan fingerprint density at radius 3 is 2.24 bits per heavy atom. The van der Waals surface area contributed by atoms with E-state index in [-0.39, 0.29) is 11.4 Å². The molecule has 3 aromatic carbocycles. The van der Waals surface area contributed by atoms with Crippen LogP contribution in [0.15, 0.2) is 77.2 Å². The SMILES string of the molecule is Nc1nnc(-c2ccc([C@@]3(c4ccc(OCc5ccccc5N)cc4)CC4CC[C@@H]3C4)cc2)o1. The van der Waals surface area contributed by atoms with E-state index in [1.165, 1.54) is 36.8 Å². The van der Waals surface area contributed by atoms with Crippen LogP contribution in [-0.4, -0.2) is 10.2 Å². The fourth-order valence-electron chi connectivity index (χ4n) is 6.14. The molecule has 4 N–H and O–H groups in total. The van der Waals surface area contributed by atoms with Gasteiger partial charge < -0.3 is 20.6 Å². The average Bonchev–Trinajstić information content (AvgIpc) is 3.61. The molecule has 2 fully saturated rings. The summed E-state index contributed by atoms with van der Waals surface area (Å²) in [6.07, 6.45) is 5.10. The van der Waals surface area contributed by atoms with E-state index in [9.17, 15) is 0 Å². The quantitative estimate of drug-likeness (QED) is 0.370. The van der Waals surface area contributed by atoms with Gasteiger partial charge in [0.25, 0.3) is 0 Å². The first kappa shape index (κ1) is 20.8. The molecule has 0 amide bonds. The lowest BCUT2D eigenvalue weighted by Crippen LogP contribution is -2.34. The molecule has 2 saturated carbocycles. The molecule has 4 aromatic rings. The highest BCUT2D eigenvalue weighted by molar-refractivity contribution is 5.56. The Hall–Kier alpha value is -3.80. The summed E-state index contributed by atoms with van der Waals surface area (Å²) in [5.74, 6) is 2.75. The Bertz CT molecular complexity index is 1300. The number of rotatable bonds is 6. The predicted molar refractivity (Wildman–Crippen MR) is 132 cm³/mol. The van der Waals surface area contributed by atoms with Crippen LogP contribution in [0.4, 0.5) is 11.7 Å². The van der Waals surface area contributed by atoms with E-state index in [0.29, 0.717) is 18.4 Å².